The second-order valence-corrected chi connectivity index (χ2v) is 5.35. The molecule has 0 aliphatic carbocycles. The first-order valence-corrected chi connectivity index (χ1v) is 7.22. The van der Waals surface area contributed by atoms with E-state index in [9.17, 15) is 4.79 Å². The van der Waals surface area contributed by atoms with Crippen LogP contribution in [0.15, 0.2) is 12.3 Å². The summed E-state index contributed by atoms with van der Waals surface area (Å²) in [4.78, 5) is 20.6. The summed E-state index contributed by atoms with van der Waals surface area (Å²) in [7, 11) is 0. The maximum absolute atomic E-state index is 11.8. The van der Waals surface area contributed by atoms with Crippen LogP contribution in [0.3, 0.4) is 0 Å². The van der Waals surface area contributed by atoms with Gasteiger partial charge in [0.2, 0.25) is 5.91 Å². The molecule has 0 radical (unpaired) electrons. The highest BCUT2D eigenvalue weighted by molar-refractivity contribution is 6.16. The van der Waals surface area contributed by atoms with Gasteiger partial charge in [0, 0.05) is 25.2 Å². The fourth-order valence-electron chi connectivity index (χ4n) is 2.13. The number of nitrogens with zero attached hydrogens (tertiary/aromatic N) is 3. The van der Waals surface area contributed by atoms with Crippen LogP contribution in [0, 0.1) is 6.92 Å². The summed E-state index contributed by atoms with van der Waals surface area (Å²) in [6, 6.07) is 2.07. The molecule has 2 aromatic heterocycles. The molecule has 1 amide bonds. The molecule has 0 saturated carbocycles. The van der Waals surface area contributed by atoms with Crippen LogP contribution in [0.1, 0.15) is 31.7 Å². The van der Waals surface area contributed by atoms with Crippen molar-refractivity contribution in [3.8, 4) is 0 Å². The van der Waals surface area contributed by atoms with Crippen molar-refractivity contribution in [2.24, 2.45) is 0 Å². The Kier molecular flexibility index (Phi) is 4.60. The monoisotopic (exact) mass is 294 g/mol. The number of amides is 1. The molecule has 6 heteroatoms. The number of nitrogens with one attached hydrogen (secondary N) is 1. The summed E-state index contributed by atoms with van der Waals surface area (Å²) < 4.78 is 1.93. The maximum atomic E-state index is 11.8. The molecular formula is C14H19ClN4O. The fraction of sp³-hybridized carbons (Fsp3) is 0.500. The van der Waals surface area contributed by atoms with Gasteiger partial charge in [-0.15, -0.1) is 11.6 Å². The lowest BCUT2D eigenvalue weighted by Crippen LogP contribution is -2.30. The topological polar surface area (TPSA) is 59.8 Å². The van der Waals surface area contributed by atoms with Crippen molar-refractivity contribution in [1.82, 2.24) is 19.9 Å². The fourth-order valence-corrected chi connectivity index (χ4v) is 2.33. The van der Waals surface area contributed by atoms with Gasteiger partial charge in [0.05, 0.1) is 5.88 Å². The Morgan fingerprint density at radius 3 is 2.90 bits per heavy atom. The minimum Gasteiger partial charge on any atom is -0.354 e. The molecule has 2 aromatic rings. The Morgan fingerprint density at radius 2 is 2.25 bits per heavy atom. The second kappa shape index (κ2) is 6.22. The van der Waals surface area contributed by atoms with Gasteiger partial charge in [-0.25, -0.2) is 9.97 Å². The average Bonchev–Trinajstić information content (AvgIpc) is 2.75. The summed E-state index contributed by atoms with van der Waals surface area (Å²) in [6.07, 6.45) is 2.14. The molecule has 1 N–H and O–H groups in total. The molecule has 108 valence electrons. The highest BCUT2D eigenvalue weighted by atomic mass is 35.5. The third-order valence-electron chi connectivity index (χ3n) is 3.05. The summed E-state index contributed by atoms with van der Waals surface area (Å²) in [5.41, 5.74) is 2.71. The number of rotatable bonds is 5. The second-order valence-electron chi connectivity index (χ2n) is 5.09. The zero-order chi connectivity index (χ0) is 14.7. The molecule has 0 unspecified atom stereocenters. The third-order valence-corrected chi connectivity index (χ3v) is 3.29. The largest absolute Gasteiger partial charge is 0.354 e. The molecule has 0 aromatic carbocycles. The Morgan fingerprint density at radius 1 is 1.50 bits per heavy atom. The SMILES string of the molecule is Cc1ccnc2c1nc(CCl)n2CCC(=O)NC(C)C. The quantitative estimate of drug-likeness (QED) is 0.862. The van der Waals surface area contributed by atoms with Crippen LogP contribution < -0.4 is 5.32 Å². The van der Waals surface area contributed by atoms with Crippen molar-refractivity contribution in [2.75, 3.05) is 0 Å². The number of hydrogen-bond acceptors (Lipinski definition) is 3. The Labute approximate surface area is 123 Å². The molecule has 20 heavy (non-hydrogen) atoms. The molecular weight excluding hydrogens is 276 g/mol. The van der Waals surface area contributed by atoms with E-state index in [0.717, 1.165) is 22.6 Å². The standard InChI is InChI=1S/C14H19ClN4O/c1-9(2)17-12(20)5-7-19-11(8-15)18-13-10(3)4-6-16-14(13)19/h4,6,9H,5,7-8H2,1-3H3,(H,17,20). The lowest BCUT2D eigenvalue weighted by atomic mass is 10.3. The van der Waals surface area contributed by atoms with Gasteiger partial charge in [-0.2, -0.15) is 0 Å². The van der Waals surface area contributed by atoms with Crippen LogP contribution in [0.5, 0.6) is 0 Å². The summed E-state index contributed by atoms with van der Waals surface area (Å²) >= 11 is 5.94. The first kappa shape index (κ1) is 14.8. The minimum absolute atomic E-state index is 0.0232. The van der Waals surface area contributed by atoms with Crippen molar-refractivity contribution >= 4 is 28.7 Å². The predicted octanol–water partition coefficient (Wildman–Crippen LogP) is 2.39. The Bertz CT molecular complexity index is 621. The summed E-state index contributed by atoms with van der Waals surface area (Å²) in [6.45, 7) is 6.41. The highest BCUT2D eigenvalue weighted by Crippen LogP contribution is 2.19. The Hall–Kier alpha value is -1.62. The lowest BCUT2D eigenvalue weighted by Gasteiger charge is -2.10. The number of imidazole rings is 1. The molecule has 0 aliphatic heterocycles. The Balaban J connectivity index is 2.24. The van der Waals surface area contributed by atoms with Crippen molar-refractivity contribution < 1.29 is 4.79 Å². The summed E-state index contributed by atoms with van der Waals surface area (Å²) in [5, 5.41) is 2.88. The van der Waals surface area contributed by atoms with E-state index in [-0.39, 0.29) is 11.9 Å². The van der Waals surface area contributed by atoms with Gasteiger partial charge in [0.1, 0.15) is 11.3 Å². The zero-order valence-electron chi connectivity index (χ0n) is 12.0. The lowest BCUT2D eigenvalue weighted by molar-refractivity contribution is -0.121. The molecule has 2 rings (SSSR count). The van der Waals surface area contributed by atoms with Crippen LogP contribution in [0.25, 0.3) is 11.2 Å². The average molecular weight is 295 g/mol. The summed E-state index contributed by atoms with van der Waals surface area (Å²) in [5.74, 6) is 1.08. The number of aryl methyl sites for hydroxylation is 2. The van der Waals surface area contributed by atoms with Crippen LogP contribution in [0.2, 0.25) is 0 Å². The van der Waals surface area contributed by atoms with E-state index >= 15 is 0 Å². The smallest absolute Gasteiger partial charge is 0.221 e. The van der Waals surface area contributed by atoms with E-state index in [0.29, 0.717) is 18.8 Å². The number of alkyl halides is 1. The zero-order valence-corrected chi connectivity index (χ0v) is 12.7. The van der Waals surface area contributed by atoms with Gasteiger partial charge in [0.25, 0.3) is 0 Å². The number of pyridine rings is 1. The molecule has 0 bridgehead atoms. The first-order valence-electron chi connectivity index (χ1n) is 6.69. The number of aromatic nitrogens is 3. The number of halogens is 1. The number of fused-ring (bicyclic) bond motifs is 1. The van der Waals surface area contributed by atoms with Crippen LogP contribution in [-0.4, -0.2) is 26.5 Å². The molecule has 0 saturated heterocycles. The number of carbonyl (C=O) groups is 1. The van der Waals surface area contributed by atoms with E-state index in [2.05, 4.69) is 15.3 Å². The highest BCUT2D eigenvalue weighted by Gasteiger charge is 2.14. The molecule has 2 heterocycles. The van der Waals surface area contributed by atoms with Crippen molar-refractivity contribution in [3.05, 3.63) is 23.7 Å². The van der Waals surface area contributed by atoms with E-state index in [1.165, 1.54) is 0 Å². The van der Waals surface area contributed by atoms with Gasteiger partial charge in [-0.1, -0.05) is 0 Å². The van der Waals surface area contributed by atoms with Crippen LogP contribution in [0.4, 0.5) is 0 Å². The molecule has 0 atom stereocenters. The van der Waals surface area contributed by atoms with Crippen molar-refractivity contribution in [2.45, 2.75) is 45.7 Å². The molecule has 0 aliphatic rings. The van der Waals surface area contributed by atoms with E-state index in [1.54, 1.807) is 6.20 Å². The van der Waals surface area contributed by atoms with Gasteiger partial charge in [0.15, 0.2) is 5.65 Å². The van der Waals surface area contributed by atoms with Crippen LogP contribution >= 0.6 is 11.6 Å². The van der Waals surface area contributed by atoms with E-state index in [1.807, 2.05) is 31.4 Å². The van der Waals surface area contributed by atoms with E-state index in [4.69, 9.17) is 11.6 Å². The number of carbonyl (C=O) groups excluding carboxylic acids is 1. The van der Waals surface area contributed by atoms with Crippen molar-refractivity contribution in [1.29, 1.82) is 0 Å². The van der Waals surface area contributed by atoms with Gasteiger partial charge < -0.3 is 9.88 Å². The maximum Gasteiger partial charge on any atom is 0.221 e. The van der Waals surface area contributed by atoms with E-state index < -0.39 is 0 Å². The van der Waals surface area contributed by atoms with Gasteiger partial charge in [-0.3, -0.25) is 4.79 Å². The third kappa shape index (κ3) is 3.10. The number of hydrogen-bond donors (Lipinski definition) is 1. The van der Waals surface area contributed by atoms with Crippen LogP contribution in [-0.2, 0) is 17.2 Å². The normalized spacial score (nSPS) is 11.2. The van der Waals surface area contributed by atoms with Gasteiger partial charge in [-0.05, 0) is 32.4 Å². The first-order chi connectivity index (χ1) is 9.52. The van der Waals surface area contributed by atoms with Gasteiger partial charge >= 0.3 is 0 Å². The molecule has 0 fully saturated rings. The van der Waals surface area contributed by atoms with Crippen molar-refractivity contribution in [3.63, 3.8) is 0 Å². The predicted molar refractivity (Wildman–Crippen MR) is 79.7 cm³/mol. The minimum atomic E-state index is 0.0232. The molecule has 5 nitrogen and oxygen atoms in total. The molecule has 0 spiro atoms.